The van der Waals surface area contributed by atoms with E-state index in [1.807, 2.05) is 13.0 Å². The van der Waals surface area contributed by atoms with Crippen molar-refractivity contribution in [1.82, 2.24) is 4.90 Å². The maximum absolute atomic E-state index is 13.0. The molecule has 3 heterocycles. The number of benzene rings is 2. The van der Waals surface area contributed by atoms with Crippen molar-refractivity contribution in [2.45, 2.75) is 19.9 Å². The molecule has 7 heteroatoms. The third-order valence-electron chi connectivity index (χ3n) is 5.50. The van der Waals surface area contributed by atoms with E-state index >= 15 is 0 Å². The predicted molar refractivity (Wildman–Crippen MR) is 125 cm³/mol. The molecule has 0 N–H and O–H groups in total. The highest BCUT2D eigenvalue weighted by atomic mass is 35.5. The molecule has 2 aliphatic heterocycles. The number of thiophene rings is 1. The van der Waals surface area contributed by atoms with Crippen molar-refractivity contribution in [1.29, 1.82) is 0 Å². The Labute approximate surface area is 194 Å². The average Bonchev–Trinajstić information content (AvgIpc) is 3.39. The smallest absolute Gasteiger partial charge is 0.231 e. The monoisotopic (exact) mass is 471 g/mol. The van der Waals surface area contributed by atoms with Gasteiger partial charge in [0.15, 0.2) is 5.76 Å². The molecule has 0 amide bonds. The van der Waals surface area contributed by atoms with Crippen LogP contribution in [0.3, 0.4) is 0 Å². The zero-order valence-corrected chi connectivity index (χ0v) is 19.1. The van der Waals surface area contributed by atoms with Crippen LogP contribution in [0.2, 0.25) is 10.0 Å². The van der Waals surface area contributed by atoms with Gasteiger partial charge in [0.05, 0.1) is 15.6 Å². The molecule has 0 aliphatic carbocycles. The Morgan fingerprint density at radius 3 is 2.81 bits per heavy atom. The number of carbonyl (C=O) groups is 1. The van der Waals surface area contributed by atoms with E-state index in [9.17, 15) is 4.79 Å². The molecule has 0 saturated carbocycles. The number of ether oxygens (including phenoxy) is 2. The Hall–Kier alpha value is -2.31. The molecule has 0 radical (unpaired) electrons. The Balaban J connectivity index is 1.39. The lowest BCUT2D eigenvalue weighted by molar-refractivity contribution is 0.0956. The highest BCUT2D eigenvalue weighted by Gasteiger charge is 2.33. The fourth-order valence-corrected chi connectivity index (χ4v) is 4.92. The Bertz CT molecular complexity index is 1200. The zero-order chi connectivity index (χ0) is 21.5. The van der Waals surface area contributed by atoms with Gasteiger partial charge in [-0.15, -0.1) is 11.3 Å². The summed E-state index contributed by atoms with van der Waals surface area (Å²) in [6.07, 6.45) is 2.68. The third-order valence-corrected chi connectivity index (χ3v) is 7.17. The van der Waals surface area contributed by atoms with Gasteiger partial charge in [0.1, 0.15) is 18.2 Å². The van der Waals surface area contributed by atoms with E-state index in [0.717, 1.165) is 42.0 Å². The molecule has 0 bridgehead atoms. The summed E-state index contributed by atoms with van der Waals surface area (Å²) in [5, 5.41) is 3.00. The number of hydrogen-bond donors (Lipinski definition) is 0. The normalized spacial score (nSPS) is 16.7. The van der Waals surface area contributed by atoms with E-state index < -0.39 is 0 Å². The lowest BCUT2D eigenvalue weighted by Crippen LogP contribution is -2.34. The molecule has 0 saturated heterocycles. The van der Waals surface area contributed by atoms with Crippen LogP contribution in [0.1, 0.15) is 31.9 Å². The molecule has 2 aromatic carbocycles. The standard InChI is InChI=1S/C24H19Cl2NO3S/c1-14-23-16(12-27(13-29-23)7-6-17-3-2-8-31-17)11-18-22(28)21(30-24(14)18)10-15-4-5-19(25)20(26)9-15/h2-5,8-11H,6-7,12-13H2,1H3/b21-10-. The molecule has 0 atom stereocenters. The molecule has 2 aliphatic rings. The van der Waals surface area contributed by atoms with Gasteiger partial charge in [0.2, 0.25) is 5.78 Å². The van der Waals surface area contributed by atoms with Crippen LogP contribution in [0, 0.1) is 6.92 Å². The average molecular weight is 472 g/mol. The quantitative estimate of drug-likeness (QED) is 0.414. The van der Waals surface area contributed by atoms with Crippen LogP contribution >= 0.6 is 34.5 Å². The summed E-state index contributed by atoms with van der Waals surface area (Å²) in [6.45, 7) is 4.11. The molecule has 4 nitrogen and oxygen atoms in total. The molecule has 158 valence electrons. The minimum absolute atomic E-state index is 0.136. The summed E-state index contributed by atoms with van der Waals surface area (Å²) < 4.78 is 12.0. The van der Waals surface area contributed by atoms with Crippen LogP contribution in [0.5, 0.6) is 11.5 Å². The molecule has 0 unspecified atom stereocenters. The van der Waals surface area contributed by atoms with Crippen LogP contribution in [0.15, 0.2) is 47.5 Å². The first-order valence-corrected chi connectivity index (χ1v) is 11.6. The molecule has 3 aromatic rings. The van der Waals surface area contributed by atoms with Crippen molar-refractivity contribution in [2.75, 3.05) is 13.3 Å². The lowest BCUT2D eigenvalue weighted by atomic mass is 10.00. The van der Waals surface area contributed by atoms with Crippen LogP contribution in [-0.4, -0.2) is 24.0 Å². The van der Waals surface area contributed by atoms with E-state index in [2.05, 4.69) is 22.4 Å². The number of allylic oxidation sites excluding steroid dienone is 1. The highest BCUT2D eigenvalue weighted by Crippen LogP contribution is 2.43. The lowest BCUT2D eigenvalue weighted by Gasteiger charge is -2.30. The number of halogens is 2. The molecular formula is C24H19Cl2NO3S. The Morgan fingerprint density at radius 2 is 2.03 bits per heavy atom. The number of rotatable bonds is 4. The number of Topliss-reactive ketones (excluding diaryl/α,β-unsaturated/α-hetero) is 1. The summed E-state index contributed by atoms with van der Waals surface area (Å²) in [5.41, 5.74) is 3.20. The summed E-state index contributed by atoms with van der Waals surface area (Å²) in [6, 6.07) is 11.3. The van der Waals surface area contributed by atoms with E-state index in [1.165, 1.54) is 4.88 Å². The van der Waals surface area contributed by atoms with Crippen molar-refractivity contribution >= 4 is 46.4 Å². The molecule has 0 fully saturated rings. The van der Waals surface area contributed by atoms with Crippen molar-refractivity contribution in [2.24, 2.45) is 0 Å². The second kappa shape index (κ2) is 8.32. The maximum atomic E-state index is 13.0. The third kappa shape index (κ3) is 3.99. The Morgan fingerprint density at radius 1 is 1.16 bits per heavy atom. The minimum Gasteiger partial charge on any atom is -0.477 e. The van der Waals surface area contributed by atoms with E-state index in [4.69, 9.17) is 32.7 Å². The van der Waals surface area contributed by atoms with Crippen LogP contribution in [-0.2, 0) is 13.0 Å². The predicted octanol–water partition coefficient (Wildman–Crippen LogP) is 6.37. The van der Waals surface area contributed by atoms with Gasteiger partial charge in [0.25, 0.3) is 0 Å². The van der Waals surface area contributed by atoms with Crippen molar-refractivity contribution in [3.05, 3.63) is 84.7 Å². The van der Waals surface area contributed by atoms with Gasteiger partial charge >= 0.3 is 0 Å². The molecule has 5 rings (SSSR count). The molecular weight excluding hydrogens is 453 g/mol. The van der Waals surface area contributed by atoms with Crippen LogP contribution < -0.4 is 9.47 Å². The van der Waals surface area contributed by atoms with Gasteiger partial charge in [-0.3, -0.25) is 9.69 Å². The second-order valence-corrected chi connectivity index (χ2v) is 9.48. The summed E-state index contributed by atoms with van der Waals surface area (Å²) >= 11 is 13.9. The Kier molecular flexibility index (Phi) is 5.52. The summed E-state index contributed by atoms with van der Waals surface area (Å²) in [4.78, 5) is 16.7. The molecule has 0 spiro atoms. The van der Waals surface area contributed by atoms with E-state index in [-0.39, 0.29) is 11.5 Å². The zero-order valence-electron chi connectivity index (χ0n) is 16.8. The minimum atomic E-state index is -0.136. The van der Waals surface area contributed by atoms with Gasteiger partial charge in [-0.05, 0) is 54.6 Å². The van der Waals surface area contributed by atoms with Crippen LogP contribution in [0.25, 0.3) is 6.08 Å². The number of ketones is 1. The summed E-state index contributed by atoms with van der Waals surface area (Å²) in [5.74, 6) is 1.52. The number of nitrogens with zero attached hydrogens (tertiary/aromatic N) is 1. The SMILES string of the molecule is Cc1c2c(cc3c1O/C(=C\c1ccc(Cl)c(Cl)c1)C3=O)CN(CCc1cccs1)CO2. The highest BCUT2D eigenvalue weighted by molar-refractivity contribution is 7.09. The van der Waals surface area contributed by atoms with Crippen LogP contribution in [0.4, 0.5) is 0 Å². The first-order chi connectivity index (χ1) is 15.0. The molecule has 1 aromatic heterocycles. The van der Waals surface area contributed by atoms with Gasteiger partial charge in [-0.25, -0.2) is 0 Å². The number of carbonyl (C=O) groups excluding carboxylic acids is 1. The number of hydrogen-bond acceptors (Lipinski definition) is 5. The van der Waals surface area contributed by atoms with E-state index in [1.54, 1.807) is 35.6 Å². The second-order valence-electron chi connectivity index (χ2n) is 7.64. The first-order valence-electron chi connectivity index (χ1n) is 9.93. The van der Waals surface area contributed by atoms with Crippen molar-refractivity contribution in [3.8, 4) is 11.5 Å². The van der Waals surface area contributed by atoms with Gasteiger partial charge in [-0.2, -0.15) is 0 Å². The van der Waals surface area contributed by atoms with Crippen molar-refractivity contribution in [3.63, 3.8) is 0 Å². The van der Waals surface area contributed by atoms with E-state index in [0.29, 0.717) is 28.1 Å². The first kappa shape index (κ1) is 20.6. The maximum Gasteiger partial charge on any atom is 0.231 e. The largest absolute Gasteiger partial charge is 0.477 e. The molecule has 31 heavy (non-hydrogen) atoms. The van der Waals surface area contributed by atoms with Gasteiger partial charge in [0, 0.05) is 29.1 Å². The van der Waals surface area contributed by atoms with Gasteiger partial charge in [-0.1, -0.05) is 35.3 Å². The fraction of sp³-hybridized carbons (Fsp3) is 0.208. The van der Waals surface area contributed by atoms with Gasteiger partial charge < -0.3 is 9.47 Å². The topological polar surface area (TPSA) is 38.8 Å². The fourth-order valence-electron chi connectivity index (χ4n) is 3.92. The number of fused-ring (bicyclic) bond motifs is 2. The van der Waals surface area contributed by atoms with Crippen molar-refractivity contribution < 1.29 is 14.3 Å². The summed E-state index contributed by atoms with van der Waals surface area (Å²) in [7, 11) is 0.